The average Bonchev–Trinajstić information content (AvgIpc) is 2.58. The predicted molar refractivity (Wildman–Crippen MR) is 61.6 cm³/mol. The first kappa shape index (κ1) is 11.9. The molecule has 82 valence electrons. The monoisotopic (exact) mass is 216 g/mol. The molecule has 0 aromatic rings. The summed E-state index contributed by atoms with van der Waals surface area (Å²) in [6.07, 6.45) is 1.68. The van der Waals surface area contributed by atoms with Crippen LogP contribution < -0.4 is 10.6 Å². The van der Waals surface area contributed by atoms with Crippen LogP contribution in [0.5, 0.6) is 0 Å². The molecule has 2 unspecified atom stereocenters. The molecule has 0 aromatic carbocycles. The summed E-state index contributed by atoms with van der Waals surface area (Å²) in [6.45, 7) is 5.28. The number of thioether (sulfide) groups is 1. The second-order valence-electron chi connectivity index (χ2n) is 3.77. The Kier molecular flexibility index (Phi) is 5.33. The fraction of sp³-hybridized carbons (Fsp3) is 0.900. The van der Waals surface area contributed by atoms with Crippen LogP contribution in [-0.4, -0.2) is 36.0 Å². The Morgan fingerprint density at radius 1 is 1.71 bits per heavy atom. The van der Waals surface area contributed by atoms with Crippen LogP contribution in [0.1, 0.15) is 26.7 Å². The molecule has 0 radical (unpaired) electrons. The van der Waals surface area contributed by atoms with Gasteiger partial charge in [-0.25, -0.2) is 0 Å². The molecule has 1 aliphatic rings. The molecule has 1 saturated heterocycles. The number of hydrogen-bond donors (Lipinski definition) is 2. The summed E-state index contributed by atoms with van der Waals surface area (Å²) in [7, 11) is 0. The van der Waals surface area contributed by atoms with Crippen LogP contribution in [-0.2, 0) is 4.79 Å². The zero-order valence-electron chi connectivity index (χ0n) is 9.01. The van der Waals surface area contributed by atoms with Gasteiger partial charge in [-0.3, -0.25) is 4.79 Å². The van der Waals surface area contributed by atoms with Crippen LogP contribution in [0.3, 0.4) is 0 Å². The standard InChI is InChI=1S/C10H20N2OS/c1-3-14-7-8(2)11-6-9-4-5-10(13)12-9/h8-9,11H,3-7H2,1-2H3,(H,12,13). The van der Waals surface area contributed by atoms with Gasteiger partial charge in [0, 0.05) is 30.8 Å². The predicted octanol–water partition coefficient (Wildman–Crippen LogP) is 0.996. The summed E-state index contributed by atoms with van der Waals surface area (Å²) in [4.78, 5) is 10.9. The molecule has 2 N–H and O–H groups in total. The van der Waals surface area contributed by atoms with E-state index in [1.165, 1.54) is 5.75 Å². The Bertz CT molecular complexity index is 187. The zero-order chi connectivity index (χ0) is 10.4. The Labute approximate surface area is 90.4 Å². The maximum Gasteiger partial charge on any atom is 0.220 e. The zero-order valence-corrected chi connectivity index (χ0v) is 9.82. The molecule has 0 aromatic heterocycles. The third kappa shape index (κ3) is 4.33. The molecule has 0 saturated carbocycles. The third-order valence-corrected chi connectivity index (χ3v) is 3.51. The minimum atomic E-state index is 0.201. The largest absolute Gasteiger partial charge is 0.352 e. The first-order valence-electron chi connectivity index (χ1n) is 5.33. The Morgan fingerprint density at radius 3 is 3.07 bits per heavy atom. The molecule has 1 rings (SSSR count). The molecular weight excluding hydrogens is 196 g/mol. The van der Waals surface area contributed by atoms with E-state index in [1.807, 2.05) is 11.8 Å². The van der Waals surface area contributed by atoms with Crippen LogP contribution >= 0.6 is 11.8 Å². The average molecular weight is 216 g/mol. The maximum absolute atomic E-state index is 10.9. The lowest BCUT2D eigenvalue weighted by Crippen LogP contribution is -2.40. The van der Waals surface area contributed by atoms with Gasteiger partial charge in [-0.15, -0.1) is 0 Å². The van der Waals surface area contributed by atoms with E-state index in [0.29, 0.717) is 18.5 Å². The van der Waals surface area contributed by atoms with Crippen molar-refractivity contribution < 1.29 is 4.79 Å². The van der Waals surface area contributed by atoms with Crippen LogP contribution in [0, 0.1) is 0 Å². The summed E-state index contributed by atoms with van der Waals surface area (Å²) >= 11 is 1.95. The van der Waals surface area contributed by atoms with Gasteiger partial charge in [-0.1, -0.05) is 6.92 Å². The summed E-state index contributed by atoms with van der Waals surface area (Å²) in [5.41, 5.74) is 0. The quantitative estimate of drug-likeness (QED) is 0.696. The van der Waals surface area contributed by atoms with Crippen LogP contribution in [0.4, 0.5) is 0 Å². The first-order valence-corrected chi connectivity index (χ1v) is 6.48. The summed E-state index contributed by atoms with van der Waals surface area (Å²) in [5.74, 6) is 2.52. The van der Waals surface area contributed by atoms with E-state index in [4.69, 9.17) is 0 Å². The molecule has 1 heterocycles. The van der Waals surface area contributed by atoms with Gasteiger partial charge in [0.25, 0.3) is 0 Å². The molecule has 14 heavy (non-hydrogen) atoms. The molecule has 1 fully saturated rings. The van der Waals surface area contributed by atoms with Crippen molar-refractivity contribution in [3.05, 3.63) is 0 Å². The maximum atomic E-state index is 10.9. The normalized spacial score (nSPS) is 23.6. The molecule has 3 nitrogen and oxygen atoms in total. The highest BCUT2D eigenvalue weighted by Gasteiger charge is 2.20. The van der Waals surface area contributed by atoms with Crippen molar-refractivity contribution in [2.24, 2.45) is 0 Å². The lowest BCUT2D eigenvalue weighted by molar-refractivity contribution is -0.119. The van der Waals surface area contributed by atoms with E-state index in [2.05, 4.69) is 24.5 Å². The molecule has 0 spiro atoms. The van der Waals surface area contributed by atoms with Crippen molar-refractivity contribution in [2.75, 3.05) is 18.1 Å². The Hall–Kier alpha value is -0.220. The molecule has 0 bridgehead atoms. The number of nitrogens with one attached hydrogen (secondary N) is 2. The molecular formula is C10H20N2OS. The van der Waals surface area contributed by atoms with Crippen molar-refractivity contribution in [2.45, 2.75) is 38.8 Å². The van der Waals surface area contributed by atoms with Gasteiger partial charge in [-0.2, -0.15) is 11.8 Å². The summed E-state index contributed by atoms with van der Waals surface area (Å²) in [6, 6.07) is 0.897. The van der Waals surface area contributed by atoms with Gasteiger partial charge in [0.2, 0.25) is 5.91 Å². The van der Waals surface area contributed by atoms with Crippen LogP contribution in [0.25, 0.3) is 0 Å². The van der Waals surface area contributed by atoms with Gasteiger partial charge in [0.15, 0.2) is 0 Å². The van der Waals surface area contributed by atoms with Crippen molar-refractivity contribution in [3.8, 4) is 0 Å². The summed E-state index contributed by atoms with van der Waals surface area (Å²) < 4.78 is 0. The fourth-order valence-electron chi connectivity index (χ4n) is 1.53. The van der Waals surface area contributed by atoms with Crippen molar-refractivity contribution in [1.29, 1.82) is 0 Å². The van der Waals surface area contributed by atoms with Gasteiger partial charge in [0.05, 0.1) is 0 Å². The second-order valence-corrected chi connectivity index (χ2v) is 5.09. The number of carbonyl (C=O) groups excluding carboxylic acids is 1. The second kappa shape index (κ2) is 6.30. The van der Waals surface area contributed by atoms with Gasteiger partial charge >= 0.3 is 0 Å². The van der Waals surface area contributed by atoms with Crippen LogP contribution in [0.2, 0.25) is 0 Å². The smallest absolute Gasteiger partial charge is 0.220 e. The highest BCUT2D eigenvalue weighted by atomic mass is 32.2. The fourth-order valence-corrected chi connectivity index (χ4v) is 2.23. The van der Waals surface area contributed by atoms with Crippen molar-refractivity contribution in [3.63, 3.8) is 0 Å². The topological polar surface area (TPSA) is 41.1 Å². The van der Waals surface area contributed by atoms with Gasteiger partial charge in [-0.05, 0) is 19.1 Å². The Morgan fingerprint density at radius 2 is 2.50 bits per heavy atom. The molecule has 0 aliphatic carbocycles. The van der Waals surface area contributed by atoms with E-state index in [9.17, 15) is 4.79 Å². The number of rotatable bonds is 6. The lowest BCUT2D eigenvalue weighted by atomic mass is 10.2. The Balaban J connectivity index is 2.05. The van der Waals surface area contributed by atoms with E-state index in [-0.39, 0.29) is 5.91 Å². The molecule has 4 heteroatoms. The van der Waals surface area contributed by atoms with Gasteiger partial charge < -0.3 is 10.6 Å². The van der Waals surface area contributed by atoms with E-state index < -0.39 is 0 Å². The molecule has 2 atom stereocenters. The molecule has 1 aliphatic heterocycles. The van der Waals surface area contributed by atoms with Gasteiger partial charge in [0.1, 0.15) is 0 Å². The first-order chi connectivity index (χ1) is 6.72. The lowest BCUT2D eigenvalue weighted by Gasteiger charge is -2.16. The van der Waals surface area contributed by atoms with Crippen molar-refractivity contribution in [1.82, 2.24) is 10.6 Å². The third-order valence-electron chi connectivity index (χ3n) is 2.37. The minimum absolute atomic E-state index is 0.201. The highest BCUT2D eigenvalue weighted by Crippen LogP contribution is 2.06. The number of amides is 1. The summed E-state index contributed by atoms with van der Waals surface area (Å²) in [5, 5.41) is 6.40. The van der Waals surface area contributed by atoms with E-state index >= 15 is 0 Å². The minimum Gasteiger partial charge on any atom is -0.352 e. The highest BCUT2D eigenvalue weighted by molar-refractivity contribution is 7.99. The van der Waals surface area contributed by atoms with E-state index in [0.717, 1.165) is 18.7 Å². The molecule has 1 amide bonds. The van der Waals surface area contributed by atoms with E-state index in [1.54, 1.807) is 0 Å². The van der Waals surface area contributed by atoms with Crippen LogP contribution in [0.15, 0.2) is 0 Å². The SMILES string of the molecule is CCSCC(C)NCC1CCC(=O)N1. The van der Waals surface area contributed by atoms with Crippen molar-refractivity contribution >= 4 is 17.7 Å². The number of hydrogen-bond acceptors (Lipinski definition) is 3. The number of carbonyl (C=O) groups is 1.